The second-order valence-corrected chi connectivity index (χ2v) is 3.53. The first-order valence-corrected chi connectivity index (χ1v) is 5.22. The molecule has 1 aromatic carbocycles. The average Bonchev–Trinajstić information content (AvgIpc) is 2.34. The molecular weight excluding hydrogens is 222 g/mol. The van der Waals surface area contributed by atoms with Crippen molar-refractivity contribution < 1.29 is 19.4 Å². The number of hydrogen-bond donors (Lipinski definition) is 2. The van der Waals surface area contributed by atoms with Crippen LogP contribution in [-0.2, 0) is 20.9 Å². The smallest absolute Gasteiger partial charge is 0.331 e. The first-order chi connectivity index (χ1) is 8.13. The lowest BCUT2D eigenvalue weighted by molar-refractivity contribution is -0.150. The van der Waals surface area contributed by atoms with E-state index in [0.717, 1.165) is 5.56 Å². The van der Waals surface area contributed by atoms with Gasteiger partial charge in [0, 0.05) is 6.92 Å². The minimum Gasteiger partial charge on any atom is -0.459 e. The Morgan fingerprint density at radius 3 is 2.53 bits per heavy atom. The number of amides is 1. The summed E-state index contributed by atoms with van der Waals surface area (Å²) >= 11 is 0. The lowest BCUT2D eigenvalue weighted by Crippen LogP contribution is -2.43. The molecule has 1 atom stereocenters. The van der Waals surface area contributed by atoms with Crippen LogP contribution in [0.25, 0.3) is 0 Å². The minimum absolute atomic E-state index is 0.121. The zero-order chi connectivity index (χ0) is 12.7. The van der Waals surface area contributed by atoms with Crippen molar-refractivity contribution >= 4 is 11.9 Å². The van der Waals surface area contributed by atoms with Crippen molar-refractivity contribution in [2.75, 3.05) is 6.61 Å². The zero-order valence-corrected chi connectivity index (χ0v) is 9.55. The van der Waals surface area contributed by atoms with E-state index in [4.69, 9.17) is 9.84 Å². The van der Waals surface area contributed by atoms with Crippen molar-refractivity contribution in [3.63, 3.8) is 0 Å². The molecule has 17 heavy (non-hydrogen) atoms. The molecular formula is C12H15NO4. The summed E-state index contributed by atoms with van der Waals surface area (Å²) in [6.07, 6.45) is 0. The van der Waals surface area contributed by atoms with Crippen molar-refractivity contribution in [3.05, 3.63) is 35.9 Å². The molecule has 5 nitrogen and oxygen atoms in total. The van der Waals surface area contributed by atoms with Crippen LogP contribution in [0.5, 0.6) is 0 Å². The maximum Gasteiger partial charge on any atom is 0.331 e. The van der Waals surface area contributed by atoms with Gasteiger partial charge in [0.15, 0.2) is 6.04 Å². The molecule has 0 spiro atoms. The van der Waals surface area contributed by atoms with E-state index in [9.17, 15) is 9.59 Å². The molecule has 0 saturated heterocycles. The first-order valence-electron chi connectivity index (χ1n) is 5.22. The average molecular weight is 237 g/mol. The SMILES string of the molecule is CC(=O)N[C@@H](CO)C(=O)OCc1ccccc1. The summed E-state index contributed by atoms with van der Waals surface area (Å²) in [6, 6.07) is 8.16. The third-order valence-electron chi connectivity index (χ3n) is 2.07. The number of ether oxygens (including phenoxy) is 1. The number of esters is 1. The molecule has 0 heterocycles. The van der Waals surface area contributed by atoms with Crippen LogP contribution in [0.1, 0.15) is 12.5 Å². The van der Waals surface area contributed by atoms with Crippen LogP contribution in [0.15, 0.2) is 30.3 Å². The summed E-state index contributed by atoms with van der Waals surface area (Å²) in [4.78, 5) is 22.2. The Hall–Kier alpha value is -1.88. The molecule has 1 rings (SSSR count). The van der Waals surface area contributed by atoms with Gasteiger partial charge in [0.2, 0.25) is 5.91 Å². The highest BCUT2D eigenvalue weighted by Gasteiger charge is 2.19. The Balaban J connectivity index is 2.45. The van der Waals surface area contributed by atoms with Gasteiger partial charge in [-0.2, -0.15) is 0 Å². The van der Waals surface area contributed by atoms with E-state index in [1.807, 2.05) is 30.3 Å². The molecule has 0 aromatic heterocycles. The quantitative estimate of drug-likeness (QED) is 0.719. The summed E-state index contributed by atoms with van der Waals surface area (Å²) < 4.78 is 4.97. The molecule has 2 N–H and O–H groups in total. The highest BCUT2D eigenvalue weighted by atomic mass is 16.5. The summed E-state index contributed by atoms with van der Waals surface area (Å²) in [5.74, 6) is -1.03. The van der Waals surface area contributed by atoms with Crippen molar-refractivity contribution in [1.29, 1.82) is 0 Å². The fourth-order valence-corrected chi connectivity index (χ4v) is 1.25. The zero-order valence-electron chi connectivity index (χ0n) is 9.55. The predicted octanol–water partition coefficient (Wildman–Crippen LogP) is 0.227. The number of benzene rings is 1. The molecule has 92 valence electrons. The van der Waals surface area contributed by atoms with Gasteiger partial charge in [-0.1, -0.05) is 30.3 Å². The van der Waals surface area contributed by atoms with E-state index in [-0.39, 0.29) is 12.5 Å². The molecule has 1 aromatic rings. The van der Waals surface area contributed by atoms with Crippen molar-refractivity contribution in [1.82, 2.24) is 5.32 Å². The highest BCUT2D eigenvalue weighted by molar-refractivity contribution is 5.83. The van der Waals surface area contributed by atoms with E-state index in [1.165, 1.54) is 6.92 Å². The normalized spacial score (nSPS) is 11.6. The van der Waals surface area contributed by atoms with Crippen LogP contribution in [0.2, 0.25) is 0 Å². The van der Waals surface area contributed by atoms with Gasteiger partial charge in [0.25, 0.3) is 0 Å². The Morgan fingerprint density at radius 2 is 2.00 bits per heavy atom. The molecule has 0 aliphatic carbocycles. The molecule has 0 saturated carbocycles. The van der Waals surface area contributed by atoms with Gasteiger partial charge in [-0.05, 0) is 5.56 Å². The minimum atomic E-state index is -1.00. The molecule has 0 unspecified atom stereocenters. The second-order valence-electron chi connectivity index (χ2n) is 3.53. The monoisotopic (exact) mass is 237 g/mol. The van der Waals surface area contributed by atoms with Crippen LogP contribution in [0, 0.1) is 0 Å². The number of rotatable bonds is 5. The van der Waals surface area contributed by atoms with Gasteiger partial charge in [-0.15, -0.1) is 0 Å². The van der Waals surface area contributed by atoms with E-state index >= 15 is 0 Å². The lowest BCUT2D eigenvalue weighted by Gasteiger charge is -2.14. The van der Waals surface area contributed by atoms with Gasteiger partial charge in [-0.25, -0.2) is 4.79 Å². The topological polar surface area (TPSA) is 75.6 Å². The molecule has 0 fully saturated rings. The molecule has 0 aliphatic rings. The third kappa shape index (κ3) is 4.65. The van der Waals surface area contributed by atoms with Crippen LogP contribution in [-0.4, -0.2) is 29.6 Å². The van der Waals surface area contributed by atoms with Crippen LogP contribution in [0.3, 0.4) is 0 Å². The fourth-order valence-electron chi connectivity index (χ4n) is 1.25. The van der Waals surface area contributed by atoms with Crippen molar-refractivity contribution in [2.45, 2.75) is 19.6 Å². The highest BCUT2D eigenvalue weighted by Crippen LogP contribution is 2.01. The maximum atomic E-state index is 11.5. The standard InChI is InChI=1S/C12H15NO4/c1-9(15)13-11(7-14)12(16)17-8-10-5-3-2-4-6-10/h2-6,11,14H,7-8H2,1H3,(H,13,15)/t11-/m0/s1. The van der Waals surface area contributed by atoms with Crippen LogP contribution < -0.4 is 5.32 Å². The first kappa shape index (κ1) is 13.2. The number of aliphatic hydroxyl groups excluding tert-OH is 1. The Kier molecular flexibility index (Phi) is 5.16. The summed E-state index contributed by atoms with van der Waals surface area (Å²) in [6.45, 7) is 0.913. The van der Waals surface area contributed by atoms with Crippen LogP contribution in [0.4, 0.5) is 0 Å². The summed E-state index contributed by atoms with van der Waals surface area (Å²) in [7, 11) is 0. The molecule has 5 heteroatoms. The van der Waals surface area contributed by atoms with Crippen LogP contribution >= 0.6 is 0 Å². The van der Waals surface area contributed by atoms with Gasteiger partial charge in [0.1, 0.15) is 6.61 Å². The Bertz CT molecular complexity index is 377. The van der Waals surface area contributed by atoms with Crippen molar-refractivity contribution in [3.8, 4) is 0 Å². The fraction of sp³-hybridized carbons (Fsp3) is 0.333. The number of carbonyl (C=O) groups is 2. The number of hydrogen-bond acceptors (Lipinski definition) is 4. The van der Waals surface area contributed by atoms with Gasteiger partial charge >= 0.3 is 5.97 Å². The number of carbonyl (C=O) groups excluding carboxylic acids is 2. The van der Waals surface area contributed by atoms with Gasteiger partial charge in [-0.3, -0.25) is 4.79 Å². The van der Waals surface area contributed by atoms with E-state index in [2.05, 4.69) is 5.32 Å². The molecule has 0 radical (unpaired) electrons. The lowest BCUT2D eigenvalue weighted by atomic mass is 10.2. The number of nitrogens with one attached hydrogen (secondary N) is 1. The second kappa shape index (κ2) is 6.65. The predicted molar refractivity (Wildman–Crippen MR) is 60.9 cm³/mol. The summed E-state index contributed by atoms with van der Waals surface area (Å²) in [5, 5.41) is 11.2. The van der Waals surface area contributed by atoms with E-state index < -0.39 is 18.6 Å². The van der Waals surface area contributed by atoms with E-state index in [0.29, 0.717) is 0 Å². The van der Waals surface area contributed by atoms with Crippen molar-refractivity contribution in [2.24, 2.45) is 0 Å². The maximum absolute atomic E-state index is 11.5. The third-order valence-corrected chi connectivity index (χ3v) is 2.07. The summed E-state index contributed by atoms with van der Waals surface area (Å²) in [5.41, 5.74) is 0.848. The Morgan fingerprint density at radius 1 is 1.35 bits per heavy atom. The number of aliphatic hydroxyl groups is 1. The van der Waals surface area contributed by atoms with Gasteiger partial charge in [0.05, 0.1) is 6.61 Å². The Labute approximate surface area is 99.4 Å². The molecule has 0 aliphatic heterocycles. The van der Waals surface area contributed by atoms with Gasteiger partial charge < -0.3 is 15.2 Å². The van der Waals surface area contributed by atoms with E-state index in [1.54, 1.807) is 0 Å². The molecule has 1 amide bonds. The largest absolute Gasteiger partial charge is 0.459 e. The molecule has 0 bridgehead atoms.